The molecule has 3 fully saturated rings. The van der Waals surface area contributed by atoms with Crippen molar-refractivity contribution in [3.63, 3.8) is 0 Å². The molecule has 5 aromatic rings. The van der Waals surface area contributed by atoms with E-state index in [1.165, 1.54) is 20.3 Å². The SMILES string of the molecule is COC(=O)NC(C(=O)N(Cc1ncc(-c2ccc3c(c2)C(F)(F)c2cc(-c4ccc5nc(C6C7CCC(C7)N6C(=O)[C@@H](NC(=O)OC)C(C)C)[nH]c5c4)ccc2-3)[nH]1)CC1(C)CC1)C(C)C. The largest absolute Gasteiger partial charge is 0.453 e. The number of likely N-dealkylation sites (tertiary alicyclic amines) is 1. The number of amides is 4. The number of ether oxygens (including phenoxy) is 2. The molecular weight excluding hydrogens is 835 g/mol. The summed E-state index contributed by atoms with van der Waals surface area (Å²) in [6.45, 7) is 10.2. The van der Waals surface area contributed by atoms with Crippen LogP contribution in [0.4, 0.5) is 18.4 Å². The summed E-state index contributed by atoms with van der Waals surface area (Å²) < 4.78 is 42.9. The number of nitrogens with zero attached hydrogens (tertiary/aromatic N) is 4. The molecule has 1 aliphatic heterocycles. The first-order chi connectivity index (χ1) is 31.0. The lowest BCUT2D eigenvalue weighted by Crippen LogP contribution is -2.54. The molecule has 16 heteroatoms. The molecule has 4 amide bonds. The van der Waals surface area contributed by atoms with Gasteiger partial charge in [-0.05, 0) is 102 Å². The number of carbonyl (C=O) groups excluding carboxylic acids is 4. The molecule has 0 radical (unpaired) electrons. The molecule has 4 aliphatic rings. The van der Waals surface area contributed by atoms with Gasteiger partial charge in [0.05, 0.1) is 49.7 Å². The number of nitrogens with one attached hydrogen (secondary N) is 4. The van der Waals surface area contributed by atoms with Crippen LogP contribution in [0.1, 0.15) is 95.5 Å². The number of aromatic nitrogens is 4. The maximum atomic E-state index is 16.6. The number of imidazole rings is 2. The number of H-pyrrole nitrogens is 2. The van der Waals surface area contributed by atoms with E-state index in [-0.39, 0.29) is 64.7 Å². The van der Waals surface area contributed by atoms with Crippen LogP contribution in [0.2, 0.25) is 0 Å². The molecule has 4 unspecified atom stereocenters. The number of aromatic amines is 2. The number of benzene rings is 3. The Balaban J connectivity index is 0.946. The van der Waals surface area contributed by atoms with Gasteiger partial charge in [0, 0.05) is 29.3 Å². The lowest BCUT2D eigenvalue weighted by molar-refractivity contribution is -0.139. The van der Waals surface area contributed by atoms with Crippen molar-refractivity contribution in [2.24, 2.45) is 23.2 Å². The van der Waals surface area contributed by atoms with Crippen LogP contribution in [0.3, 0.4) is 0 Å². The average molecular weight is 891 g/mol. The number of methoxy groups -OCH3 is 2. The first kappa shape index (κ1) is 43.9. The normalized spacial score (nSPS) is 20.7. The van der Waals surface area contributed by atoms with E-state index in [1.54, 1.807) is 35.4 Å². The maximum Gasteiger partial charge on any atom is 0.407 e. The fraction of sp³-hybridized carbons (Fsp3) is 0.469. The number of hydrogen-bond acceptors (Lipinski definition) is 8. The molecule has 2 saturated carbocycles. The van der Waals surface area contributed by atoms with Gasteiger partial charge in [0.15, 0.2) is 0 Å². The second-order valence-corrected chi connectivity index (χ2v) is 19.3. The summed E-state index contributed by atoms with van der Waals surface area (Å²) in [7, 11) is 2.53. The van der Waals surface area contributed by atoms with E-state index in [0.717, 1.165) is 43.2 Å². The van der Waals surface area contributed by atoms with Crippen LogP contribution in [-0.2, 0) is 31.5 Å². The summed E-state index contributed by atoms with van der Waals surface area (Å²) in [6.07, 6.45) is 4.93. The van der Waals surface area contributed by atoms with Gasteiger partial charge in [-0.15, -0.1) is 0 Å². The van der Waals surface area contributed by atoms with Crippen LogP contribution in [0.25, 0.3) is 44.5 Å². The predicted octanol–water partition coefficient (Wildman–Crippen LogP) is 8.68. The molecule has 342 valence electrons. The van der Waals surface area contributed by atoms with Crippen LogP contribution in [0.5, 0.6) is 0 Å². The third-order valence-corrected chi connectivity index (χ3v) is 14.0. The van der Waals surface area contributed by atoms with Gasteiger partial charge >= 0.3 is 12.2 Å². The van der Waals surface area contributed by atoms with Crippen molar-refractivity contribution in [3.05, 3.63) is 83.6 Å². The van der Waals surface area contributed by atoms with Crippen LogP contribution < -0.4 is 10.6 Å². The van der Waals surface area contributed by atoms with Crippen molar-refractivity contribution in [1.82, 2.24) is 40.4 Å². The van der Waals surface area contributed by atoms with Crippen LogP contribution in [-0.4, -0.2) is 92.6 Å². The minimum atomic E-state index is -3.29. The van der Waals surface area contributed by atoms with E-state index in [2.05, 4.69) is 32.5 Å². The predicted molar refractivity (Wildman–Crippen MR) is 239 cm³/mol. The smallest absolute Gasteiger partial charge is 0.407 e. The van der Waals surface area contributed by atoms with Gasteiger partial charge in [-0.25, -0.2) is 19.6 Å². The van der Waals surface area contributed by atoms with Gasteiger partial charge in [-0.3, -0.25) is 9.59 Å². The molecule has 65 heavy (non-hydrogen) atoms. The zero-order valence-corrected chi connectivity index (χ0v) is 37.8. The molecule has 3 aliphatic carbocycles. The molecular formula is C49H56F2N8O6. The van der Waals surface area contributed by atoms with Crippen LogP contribution >= 0.6 is 0 Å². The first-order valence-corrected chi connectivity index (χ1v) is 22.5. The van der Waals surface area contributed by atoms with Crippen molar-refractivity contribution < 1.29 is 37.4 Å². The Morgan fingerprint density at radius 3 is 2.11 bits per heavy atom. The highest BCUT2D eigenvalue weighted by Gasteiger charge is 2.52. The minimum Gasteiger partial charge on any atom is -0.453 e. The second kappa shape index (κ2) is 16.6. The van der Waals surface area contributed by atoms with E-state index in [0.29, 0.717) is 51.7 Å². The van der Waals surface area contributed by atoms with Gasteiger partial charge < -0.3 is 39.9 Å². The highest BCUT2D eigenvalue weighted by molar-refractivity contribution is 5.89. The third kappa shape index (κ3) is 8.09. The molecule has 5 atom stereocenters. The summed E-state index contributed by atoms with van der Waals surface area (Å²) >= 11 is 0. The Morgan fingerprint density at radius 1 is 0.846 bits per heavy atom. The summed E-state index contributed by atoms with van der Waals surface area (Å²) in [4.78, 5) is 72.1. The van der Waals surface area contributed by atoms with Crippen molar-refractivity contribution in [3.8, 4) is 33.5 Å². The number of piperidine rings is 1. The Morgan fingerprint density at radius 2 is 1.46 bits per heavy atom. The summed E-state index contributed by atoms with van der Waals surface area (Å²) in [5, 5.41) is 5.41. The molecule has 9 rings (SSSR count). The van der Waals surface area contributed by atoms with Gasteiger partial charge in [-0.2, -0.15) is 8.78 Å². The second-order valence-electron chi connectivity index (χ2n) is 19.3. The number of alkyl carbamates (subject to hydrolysis) is 2. The van der Waals surface area contributed by atoms with E-state index in [9.17, 15) is 19.2 Å². The maximum absolute atomic E-state index is 16.6. The Hall–Kier alpha value is -6.32. The molecule has 3 aromatic carbocycles. The van der Waals surface area contributed by atoms with E-state index >= 15 is 8.78 Å². The van der Waals surface area contributed by atoms with E-state index in [4.69, 9.17) is 14.5 Å². The van der Waals surface area contributed by atoms with Gasteiger partial charge in [-0.1, -0.05) is 65.0 Å². The molecule has 3 heterocycles. The quantitative estimate of drug-likeness (QED) is 0.0909. The summed E-state index contributed by atoms with van der Waals surface area (Å²) in [5.41, 5.74) is 4.55. The number of fused-ring (bicyclic) bond motifs is 6. The molecule has 0 spiro atoms. The van der Waals surface area contributed by atoms with Gasteiger partial charge in [0.25, 0.3) is 5.92 Å². The fourth-order valence-electron chi connectivity index (χ4n) is 10.1. The Kier molecular flexibility index (Phi) is 11.2. The molecule has 1 saturated heterocycles. The molecule has 2 bridgehead atoms. The monoisotopic (exact) mass is 890 g/mol. The van der Waals surface area contributed by atoms with Crippen LogP contribution in [0.15, 0.2) is 60.8 Å². The van der Waals surface area contributed by atoms with E-state index in [1.807, 2.05) is 56.9 Å². The van der Waals surface area contributed by atoms with Crippen molar-refractivity contribution >= 4 is 35.0 Å². The number of alkyl halides is 2. The molecule has 14 nitrogen and oxygen atoms in total. The minimum absolute atomic E-state index is 0.0289. The Bertz CT molecular complexity index is 2690. The number of halogens is 2. The number of hydrogen-bond donors (Lipinski definition) is 4. The fourth-order valence-corrected chi connectivity index (χ4v) is 10.1. The van der Waals surface area contributed by atoms with Crippen molar-refractivity contribution in [2.75, 3.05) is 20.8 Å². The zero-order valence-electron chi connectivity index (χ0n) is 37.8. The van der Waals surface area contributed by atoms with Crippen molar-refractivity contribution in [1.29, 1.82) is 0 Å². The highest BCUT2D eigenvalue weighted by atomic mass is 19.3. The van der Waals surface area contributed by atoms with E-state index < -0.39 is 30.2 Å². The van der Waals surface area contributed by atoms with Gasteiger partial charge in [0.2, 0.25) is 11.8 Å². The number of carbonyl (C=O) groups is 4. The first-order valence-electron chi connectivity index (χ1n) is 22.5. The van der Waals surface area contributed by atoms with Gasteiger partial charge in [0.1, 0.15) is 23.7 Å². The summed E-state index contributed by atoms with van der Waals surface area (Å²) in [5.74, 6) is -2.68. The highest BCUT2D eigenvalue weighted by Crippen LogP contribution is 2.53. The molecule has 2 aromatic heterocycles. The lowest BCUT2D eigenvalue weighted by Gasteiger charge is -2.37. The average Bonchev–Trinajstić information content (AvgIpc) is 3.86. The molecule has 4 N–H and O–H groups in total. The third-order valence-electron chi connectivity index (χ3n) is 14.0. The topological polar surface area (TPSA) is 175 Å². The zero-order chi connectivity index (χ0) is 46.1. The van der Waals surface area contributed by atoms with Crippen molar-refractivity contribution in [2.45, 2.75) is 103 Å². The number of rotatable bonds is 13. The van der Waals surface area contributed by atoms with Crippen LogP contribution in [0, 0.1) is 23.2 Å². The standard InChI is InChI=1S/C49H56F2N8O6/c1-25(2)40(56-46(62)64-6)44(60)58(24-48(5)16-17-48)23-39-52-22-38(53-39)29-10-14-33-32-13-9-27(19-34(32)49(50,51)35(33)20-29)28-11-15-36-37(21-28)55-43(54-36)42-30-8-12-31(18-30)59(42)45(61)41(26(3)4)57-47(63)65-7/h9-11,13-15,19-22,25-26,30-31,40-42H,8,12,16-18,23-24H2,1-7H3,(H,52,53)(H,54,55)(H,56,62)(H,57,63)/t30?,31?,40?,41-,42?/m0/s1. The lowest BCUT2D eigenvalue weighted by atomic mass is 9.95. The summed E-state index contributed by atoms with van der Waals surface area (Å²) in [6, 6.07) is 14.0. The Labute approximate surface area is 376 Å².